The van der Waals surface area contributed by atoms with Crippen LogP contribution in [0, 0.1) is 0 Å². The van der Waals surface area contributed by atoms with Crippen LogP contribution in [0.15, 0.2) is 39.5 Å². The molecule has 1 aliphatic heterocycles. The van der Waals surface area contributed by atoms with Gasteiger partial charge in [0.1, 0.15) is 5.69 Å². The van der Waals surface area contributed by atoms with Crippen molar-refractivity contribution in [1.29, 1.82) is 0 Å². The number of aromatic nitrogens is 3. The molecule has 0 spiro atoms. The molecule has 0 aliphatic carbocycles. The van der Waals surface area contributed by atoms with Gasteiger partial charge in [0.2, 0.25) is 5.88 Å². The third-order valence-corrected chi connectivity index (χ3v) is 6.56. The van der Waals surface area contributed by atoms with Gasteiger partial charge < -0.3 is 8.94 Å². The molecule has 10 heteroatoms. The molecule has 4 rings (SSSR count). The van der Waals surface area contributed by atoms with E-state index in [1.807, 2.05) is 20.8 Å². The fourth-order valence-electron chi connectivity index (χ4n) is 3.22. The van der Waals surface area contributed by atoms with Gasteiger partial charge in [0.05, 0.1) is 29.5 Å². The molecule has 1 aliphatic rings. The van der Waals surface area contributed by atoms with E-state index in [0.29, 0.717) is 23.6 Å². The number of amides is 1. The molecule has 4 heterocycles. The van der Waals surface area contributed by atoms with Gasteiger partial charge >= 0.3 is 0 Å². The quantitative estimate of drug-likeness (QED) is 0.691. The minimum atomic E-state index is -3.12. The lowest BCUT2D eigenvalue weighted by Gasteiger charge is -2.12. The first-order valence-electron chi connectivity index (χ1n) is 9.25. The van der Waals surface area contributed by atoms with Crippen molar-refractivity contribution in [3.8, 4) is 11.5 Å². The molecule has 1 atom stereocenters. The maximum atomic E-state index is 12.7. The lowest BCUT2D eigenvalue weighted by Crippen LogP contribution is -2.16. The van der Waals surface area contributed by atoms with Crippen LogP contribution >= 0.6 is 0 Å². The molecule has 1 fully saturated rings. The second kappa shape index (κ2) is 6.87. The number of nitrogens with one attached hydrogen (secondary N) is 1. The number of sulfone groups is 1. The fraction of sp³-hybridized carbons (Fsp3) is 0.421. The Morgan fingerprint density at radius 3 is 2.69 bits per heavy atom. The molecule has 0 radical (unpaired) electrons. The third-order valence-electron chi connectivity index (χ3n) is 4.81. The molecule has 0 saturated carbocycles. The number of nitrogens with zero attached hydrogens (tertiary/aromatic N) is 3. The average Bonchev–Trinajstić information content (AvgIpc) is 3.39. The molecular formula is C19H22N4O5S. The van der Waals surface area contributed by atoms with E-state index >= 15 is 0 Å². The van der Waals surface area contributed by atoms with Crippen LogP contribution in [0.4, 0.5) is 5.88 Å². The highest BCUT2D eigenvalue weighted by Crippen LogP contribution is 2.31. The van der Waals surface area contributed by atoms with Gasteiger partial charge in [-0.1, -0.05) is 25.9 Å². The number of hydrogen-bond donors (Lipinski definition) is 1. The standard InChI is InChI=1S/C19H22N4O5S/c1-19(2,3)16-10-17(28-22-16)20-18(24)13-9-14(15-5-4-7-27-15)23(21-13)12-6-8-29(25,26)11-12/h4-5,7,9-10,12H,6,8,11H2,1-3H3,(H,20,24). The molecule has 3 aromatic heterocycles. The third kappa shape index (κ3) is 3.98. The number of furan rings is 1. The largest absolute Gasteiger partial charge is 0.463 e. The van der Waals surface area contributed by atoms with E-state index < -0.39 is 15.7 Å². The Hall–Kier alpha value is -2.88. The SMILES string of the molecule is CC(C)(C)c1cc(NC(=O)c2cc(-c3ccco3)n(C3CCS(=O)(=O)C3)n2)on1. The van der Waals surface area contributed by atoms with E-state index in [1.165, 1.54) is 6.26 Å². The Morgan fingerprint density at radius 2 is 2.10 bits per heavy atom. The Labute approximate surface area is 168 Å². The number of carbonyl (C=O) groups excluding carboxylic acids is 1. The van der Waals surface area contributed by atoms with Crippen molar-refractivity contribution in [3.05, 3.63) is 41.9 Å². The van der Waals surface area contributed by atoms with Gasteiger partial charge in [-0.2, -0.15) is 5.10 Å². The summed E-state index contributed by atoms with van der Waals surface area (Å²) in [6.07, 6.45) is 1.95. The van der Waals surface area contributed by atoms with E-state index in [9.17, 15) is 13.2 Å². The zero-order valence-electron chi connectivity index (χ0n) is 16.4. The molecule has 3 aromatic rings. The predicted molar refractivity (Wildman–Crippen MR) is 105 cm³/mol. The Kier molecular flexibility index (Phi) is 4.60. The smallest absolute Gasteiger partial charge is 0.278 e. The highest BCUT2D eigenvalue weighted by Gasteiger charge is 2.32. The molecule has 154 valence electrons. The maximum Gasteiger partial charge on any atom is 0.278 e. The first-order chi connectivity index (χ1) is 13.6. The van der Waals surface area contributed by atoms with Crippen LogP contribution in [0.5, 0.6) is 0 Å². The molecule has 0 bridgehead atoms. The summed E-state index contributed by atoms with van der Waals surface area (Å²) in [6, 6.07) is 6.37. The minimum absolute atomic E-state index is 0.0134. The summed E-state index contributed by atoms with van der Waals surface area (Å²) < 4.78 is 36.1. The van der Waals surface area contributed by atoms with Crippen LogP contribution in [0.2, 0.25) is 0 Å². The lowest BCUT2D eigenvalue weighted by molar-refractivity contribution is 0.101. The molecule has 1 N–H and O–H groups in total. The van der Waals surface area contributed by atoms with Crippen molar-refractivity contribution in [2.75, 3.05) is 16.8 Å². The minimum Gasteiger partial charge on any atom is -0.463 e. The normalized spacial score (nSPS) is 18.8. The van der Waals surface area contributed by atoms with Crippen molar-refractivity contribution < 1.29 is 22.2 Å². The molecule has 1 unspecified atom stereocenters. The van der Waals surface area contributed by atoms with Crippen LogP contribution in [-0.2, 0) is 15.3 Å². The van der Waals surface area contributed by atoms with Gasteiger partial charge in [0, 0.05) is 17.5 Å². The van der Waals surface area contributed by atoms with Crippen LogP contribution in [-0.4, -0.2) is 40.8 Å². The van der Waals surface area contributed by atoms with Gasteiger partial charge in [-0.15, -0.1) is 0 Å². The molecular weight excluding hydrogens is 396 g/mol. The van der Waals surface area contributed by atoms with E-state index in [2.05, 4.69) is 15.6 Å². The highest BCUT2D eigenvalue weighted by molar-refractivity contribution is 7.91. The Balaban J connectivity index is 1.63. The van der Waals surface area contributed by atoms with Crippen molar-refractivity contribution in [2.24, 2.45) is 0 Å². The molecule has 9 nitrogen and oxygen atoms in total. The average molecular weight is 418 g/mol. The number of anilines is 1. The zero-order valence-corrected chi connectivity index (χ0v) is 17.2. The van der Waals surface area contributed by atoms with Crippen molar-refractivity contribution >= 4 is 21.6 Å². The summed E-state index contributed by atoms with van der Waals surface area (Å²) in [5, 5.41) is 11.0. The maximum absolute atomic E-state index is 12.7. The van der Waals surface area contributed by atoms with Gasteiger partial charge in [0.15, 0.2) is 21.3 Å². The van der Waals surface area contributed by atoms with Crippen molar-refractivity contribution in [3.63, 3.8) is 0 Å². The highest BCUT2D eigenvalue weighted by atomic mass is 32.2. The summed E-state index contributed by atoms with van der Waals surface area (Å²) in [4.78, 5) is 12.7. The van der Waals surface area contributed by atoms with Crippen molar-refractivity contribution in [1.82, 2.24) is 14.9 Å². The van der Waals surface area contributed by atoms with Gasteiger partial charge in [-0.3, -0.25) is 14.8 Å². The summed E-state index contributed by atoms with van der Waals surface area (Å²) in [7, 11) is -3.12. The molecule has 1 saturated heterocycles. The van der Waals surface area contributed by atoms with E-state index in [1.54, 1.807) is 28.9 Å². The van der Waals surface area contributed by atoms with Gasteiger partial charge in [-0.05, 0) is 18.6 Å². The second-order valence-electron chi connectivity index (χ2n) is 8.17. The van der Waals surface area contributed by atoms with Gasteiger partial charge in [-0.25, -0.2) is 8.42 Å². The van der Waals surface area contributed by atoms with Crippen LogP contribution in [0.25, 0.3) is 11.5 Å². The zero-order chi connectivity index (χ0) is 20.8. The monoisotopic (exact) mass is 418 g/mol. The van der Waals surface area contributed by atoms with E-state index in [4.69, 9.17) is 8.94 Å². The van der Waals surface area contributed by atoms with E-state index in [-0.39, 0.29) is 34.5 Å². The summed E-state index contributed by atoms with van der Waals surface area (Å²) in [5.74, 6) is 0.340. The summed E-state index contributed by atoms with van der Waals surface area (Å²) in [6.45, 7) is 5.97. The van der Waals surface area contributed by atoms with E-state index in [0.717, 1.165) is 0 Å². The molecule has 29 heavy (non-hydrogen) atoms. The van der Waals surface area contributed by atoms with Crippen molar-refractivity contribution in [2.45, 2.75) is 38.6 Å². The lowest BCUT2D eigenvalue weighted by atomic mass is 9.92. The van der Waals surface area contributed by atoms with Gasteiger partial charge in [0.25, 0.3) is 5.91 Å². The molecule has 0 aromatic carbocycles. The fourth-order valence-corrected chi connectivity index (χ4v) is 4.92. The number of hydrogen-bond acceptors (Lipinski definition) is 7. The second-order valence-corrected chi connectivity index (χ2v) is 10.4. The van der Waals surface area contributed by atoms with Crippen LogP contribution < -0.4 is 5.32 Å². The summed E-state index contributed by atoms with van der Waals surface area (Å²) in [5.41, 5.74) is 1.18. The Bertz CT molecular complexity index is 1140. The Morgan fingerprint density at radius 1 is 1.31 bits per heavy atom. The van der Waals surface area contributed by atoms with Crippen LogP contribution in [0.3, 0.4) is 0 Å². The number of rotatable bonds is 4. The number of carbonyl (C=O) groups is 1. The topological polar surface area (TPSA) is 120 Å². The predicted octanol–water partition coefficient (Wildman–Crippen LogP) is 3.04. The molecule has 1 amide bonds. The first-order valence-corrected chi connectivity index (χ1v) is 11.1. The summed E-state index contributed by atoms with van der Waals surface area (Å²) >= 11 is 0. The first kappa shape index (κ1) is 19.4. The van der Waals surface area contributed by atoms with Crippen LogP contribution in [0.1, 0.15) is 49.4 Å².